The highest BCUT2D eigenvalue weighted by Crippen LogP contribution is 2.28. The van der Waals surface area contributed by atoms with E-state index in [9.17, 15) is 0 Å². The maximum absolute atomic E-state index is 9.09. The Kier molecular flexibility index (Phi) is 2.84. The zero-order valence-corrected chi connectivity index (χ0v) is 8.44. The second kappa shape index (κ2) is 4.11. The smallest absolute Gasteiger partial charge is 0.146 e. The van der Waals surface area contributed by atoms with E-state index in [4.69, 9.17) is 9.63 Å². The van der Waals surface area contributed by atoms with Gasteiger partial charge in [-0.3, -0.25) is 0 Å². The minimum Gasteiger partial charge on any atom is -0.391 e. The van der Waals surface area contributed by atoms with Crippen molar-refractivity contribution < 1.29 is 9.63 Å². The van der Waals surface area contributed by atoms with E-state index in [0.717, 1.165) is 30.8 Å². The van der Waals surface area contributed by atoms with Crippen LogP contribution in [0.4, 0.5) is 0 Å². The third-order valence-corrected chi connectivity index (χ3v) is 2.84. The van der Waals surface area contributed by atoms with Crippen LogP contribution in [0.2, 0.25) is 0 Å². The monoisotopic (exact) mass is 196 g/mol. The van der Waals surface area contributed by atoms with Crippen molar-refractivity contribution in [1.82, 2.24) is 10.1 Å². The maximum Gasteiger partial charge on any atom is 0.146 e. The maximum atomic E-state index is 9.09. The molecule has 0 aliphatic carbocycles. The van der Waals surface area contributed by atoms with Gasteiger partial charge in [0.05, 0.1) is 12.8 Å². The number of nitrogens with zero attached hydrogens (tertiary/aromatic N) is 2. The summed E-state index contributed by atoms with van der Waals surface area (Å²) in [5.74, 6) is 1.28. The molecule has 4 heteroatoms. The predicted molar refractivity (Wildman–Crippen MR) is 51.9 cm³/mol. The number of hydrogen-bond acceptors (Lipinski definition) is 4. The summed E-state index contributed by atoms with van der Waals surface area (Å²) in [6.45, 7) is 2.18. The van der Waals surface area contributed by atoms with E-state index >= 15 is 0 Å². The summed E-state index contributed by atoms with van der Waals surface area (Å²) in [4.78, 5) is 2.29. The minimum atomic E-state index is 0.0268. The molecule has 1 fully saturated rings. The molecule has 1 aromatic rings. The highest BCUT2D eigenvalue weighted by Gasteiger charge is 2.24. The molecule has 0 aromatic carbocycles. The van der Waals surface area contributed by atoms with Crippen molar-refractivity contribution in [2.45, 2.75) is 25.4 Å². The number of aromatic nitrogens is 1. The quantitative estimate of drug-likeness (QED) is 0.766. The van der Waals surface area contributed by atoms with Gasteiger partial charge in [-0.25, -0.2) is 0 Å². The molecular formula is C10H16N2O2. The summed E-state index contributed by atoms with van der Waals surface area (Å²) >= 11 is 0. The summed E-state index contributed by atoms with van der Waals surface area (Å²) in [5.41, 5.74) is 0.838. The normalized spacial score (nSPS) is 24.0. The lowest BCUT2D eigenvalue weighted by Crippen LogP contribution is -2.31. The molecule has 1 aromatic heterocycles. The summed E-state index contributed by atoms with van der Waals surface area (Å²) in [5, 5.41) is 12.8. The second-order valence-corrected chi connectivity index (χ2v) is 3.97. The van der Waals surface area contributed by atoms with Crippen LogP contribution in [0.25, 0.3) is 0 Å². The molecule has 1 atom stereocenters. The number of aliphatic hydroxyl groups excluding tert-OH is 1. The van der Waals surface area contributed by atoms with Crippen LogP contribution in [0, 0.1) is 0 Å². The van der Waals surface area contributed by atoms with Gasteiger partial charge >= 0.3 is 0 Å². The van der Waals surface area contributed by atoms with Crippen LogP contribution < -0.4 is 0 Å². The Labute approximate surface area is 83.5 Å². The molecule has 0 radical (unpaired) electrons. The fourth-order valence-corrected chi connectivity index (χ4v) is 2.10. The van der Waals surface area contributed by atoms with Crippen molar-refractivity contribution in [1.29, 1.82) is 0 Å². The molecule has 2 rings (SSSR count). The van der Waals surface area contributed by atoms with Crippen molar-refractivity contribution in [2.75, 3.05) is 20.1 Å². The van der Waals surface area contributed by atoms with Crippen molar-refractivity contribution in [3.8, 4) is 0 Å². The van der Waals surface area contributed by atoms with Gasteiger partial charge in [0.2, 0.25) is 0 Å². The highest BCUT2D eigenvalue weighted by molar-refractivity contribution is 5.17. The average molecular weight is 196 g/mol. The summed E-state index contributed by atoms with van der Waals surface area (Å²) in [7, 11) is 2.11. The molecule has 2 heterocycles. The fraction of sp³-hybridized carbons (Fsp3) is 0.700. The van der Waals surface area contributed by atoms with E-state index in [0.29, 0.717) is 5.92 Å². The molecule has 78 valence electrons. The highest BCUT2D eigenvalue weighted by atomic mass is 16.5. The number of piperidine rings is 1. The molecule has 1 aliphatic rings. The van der Waals surface area contributed by atoms with Gasteiger partial charge in [0.15, 0.2) is 0 Å². The van der Waals surface area contributed by atoms with E-state index in [2.05, 4.69) is 17.1 Å². The van der Waals surface area contributed by atoms with Gasteiger partial charge in [0, 0.05) is 18.0 Å². The van der Waals surface area contributed by atoms with Gasteiger partial charge in [0.25, 0.3) is 0 Å². The Bertz CT molecular complexity index is 298. The minimum absolute atomic E-state index is 0.0268. The molecule has 1 aliphatic heterocycles. The van der Waals surface area contributed by atoms with Crippen molar-refractivity contribution in [2.24, 2.45) is 0 Å². The molecule has 0 bridgehead atoms. The summed E-state index contributed by atoms with van der Waals surface area (Å²) < 4.78 is 5.21. The van der Waals surface area contributed by atoms with Gasteiger partial charge in [-0.15, -0.1) is 0 Å². The molecule has 4 nitrogen and oxygen atoms in total. The van der Waals surface area contributed by atoms with Gasteiger partial charge in [-0.05, 0) is 26.4 Å². The van der Waals surface area contributed by atoms with Gasteiger partial charge in [-0.2, -0.15) is 0 Å². The van der Waals surface area contributed by atoms with E-state index < -0.39 is 0 Å². The van der Waals surface area contributed by atoms with E-state index in [1.807, 2.05) is 0 Å². The van der Waals surface area contributed by atoms with Crippen LogP contribution in [-0.4, -0.2) is 35.3 Å². The van der Waals surface area contributed by atoms with Crippen LogP contribution in [0.3, 0.4) is 0 Å². The Hall–Kier alpha value is -0.870. The number of likely N-dealkylation sites (N-methyl/N-ethyl adjacent to an activating group) is 1. The first-order valence-corrected chi connectivity index (χ1v) is 5.04. The van der Waals surface area contributed by atoms with Crippen molar-refractivity contribution in [3.63, 3.8) is 0 Å². The molecule has 0 saturated carbocycles. The third-order valence-electron chi connectivity index (χ3n) is 2.84. The largest absolute Gasteiger partial charge is 0.391 e. The standard InChI is InChI=1S/C10H16N2O2/c1-12-4-2-3-8(6-12)10-9(7-13)5-11-14-10/h5,8,13H,2-4,6-7H2,1H3. The number of likely N-dealkylation sites (tertiary alicyclic amines) is 1. The second-order valence-electron chi connectivity index (χ2n) is 3.97. The molecule has 14 heavy (non-hydrogen) atoms. The Balaban J connectivity index is 2.13. The SMILES string of the molecule is CN1CCCC(c2oncc2CO)C1. The zero-order valence-electron chi connectivity index (χ0n) is 8.44. The van der Waals surface area contributed by atoms with Crippen LogP contribution in [-0.2, 0) is 6.61 Å². The Morgan fingerprint density at radius 2 is 2.57 bits per heavy atom. The first-order chi connectivity index (χ1) is 6.81. The van der Waals surface area contributed by atoms with E-state index in [1.54, 1.807) is 6.20 Å². The molecule has 0 spiro atoms. The number of rotatable bonds is 2. The van der Waals surface area contributed by atoms with E-state index in [1.165, 1.54) is 6.42 Å². The molecule has 0 amide bonds. The number of hydrogen-bond donors (Lipinski definition) is 1. The summed E-state index contributed by atoms with van der Waals surface area (Å²) in [6.07, 6.45) is 3.93. The number of aliphatic hydroxyl groups is 1. The van der Waals surface area contributed by atoms with Crippen LogP contribution >= 0.6 is 0 Å². The van der Waals surface area contributed by atoms with Crippen LogP contribution in [0.1, 0.15) is 30.1 Å². The molecule has 1 saturated heterocycles. The topological polar surface area (TPSA) is 49.5 Å². The van der Waals surface area contributed by atoms with Crippen LogP contribution in [0.15, 0.2) is 10.7 Å². The Morgan fingerprint density at radius 3 is 3.29 bits per heavy atom. The van der Waals surface area contributed by atoms with Gasteiger partial charge in [-0.1, -0.05) is 5.16 Å². The third kappa shape index (κ3) is 1.81. The van der Waals surface area contributed by atoms with Crippen LogP contribution in [0.5, 0.6) is 0 Å². The first kappa shape index (κ1) is 9.68. The lowest BCUT2D eigenvalue weighted by atomic mass is 9.94. The zero-order chi connectivity index (χ0) is 9.97. The average Bonchev–Trinajstić information content (AvgIpc) is 2.65. The fourth-order valence-electron chi connectivity index (χ4n) is 2.10. The van der Waals surface area contributed by atoms with Gasteiger partial charge in [0.1, 0.15) is 5.76 Å². The van der Waals surface area contributed by atoms with Crippen molar-refractivity contribution in [3.05, 3.63) is 17.5 Å². The van der Waals surface area contributed by atoms with Crippen molar-refractivity contribution >= 4 is 0 Å². The predicted octanol–water partition coefficient (Wildman–Crippen LogP) is 0.976. The molecule has 1 unspecified atom stereocenters. The van der Waals surface area contributed by atoms with Gasteiger partial charge < -0.3 is 14.5 Å². The molecular weight excluding hydrogens is 180 g/mol. The molecule has 1 N–H and O–H groups in total. The summed E-state index contributed by atoms with van der Waals surface area (Å²) in [6, 6.07) is 0. The Morgan fingerprint density at radius 1 is 1.71 bits per heavy atom. The van der Waals surface area contributed by atoms with E-state index in [-0.39, 0.29) is 6.61 Å². The lowest BCUT2D eigenvalue weighted by Gasteiger charge is -2.28. The lowest BCUT2D eigenvalue weighted by molar-refractivity contribution is 0.217. The first-order valence-electron chi connectivity index (χ1n) is 5.04.